The van der Waals surface area contributed by atoms with E-state index < -0.39 is 0 Å². The zero-order chi connectivity index (χ0) is 15.7. The second kappa shape index (κ2) is 9.72. The fourth-order valence-corrected chi connectivity index (χ4v) is 2.78. The molecule has 1 unspecified atom stereocenters. The number of carbonyl (C=O) groups is 1. The summed E-state index contributed by atoms with van der Waals surface area (Å²) in [6.07, 6.45) is 8.35. The number of ketones is 1. The minimum absolute atomic E-state index is 0.292. The fourth-order valence-electron chi connectivity index (χ4n) is 2.78. The van der Waals surface area contributed by atoms with E-state index in [-0.39, 0.29) is 0 Å². The third-order valence-electron chi connectivity index (χ3n) is 4.34. The third kappa shape index (κ3) is 6.00. The predicted molar refractivity (Wildman–Crippen MR) is 87.2 cm³/mol. The van der Waals surface area contributed by atoms with Crippen molar-refractivity contribution in [3.05, 3.63) is 18.0 Å². The molecule has 0 aromatic carbocycles. The number of Topliss-reactive ketones (excluding diaryl/α,β-unsaturated/α-hetero) is 1. The van der Waals surface area contributed by atoms with Crippen molar-refractivity contribution in [2.75, 3.05) is 6.54 Å². The van der Waals surface area contributed by atoms with Crippen LogP contribution in [0.3, 0.4) is 0 Å². The molecule has 1 aromatic heterocycles. The van der Waals surface area contributed by atoms with Crippen LogP contribution in [0.2, 0.25) is 0 Å². The van der Waals surface area contributed by atoms with Gasteiger partial charge >= 0.3 is 0 Å². The summed E-state index contributed by atoms with van der Waals surface area (Å²) in [5.74, 6) is 0.876. The van der Waals surface area contributed by atoms with Crippen molar-refractivity contribution in [1.29, 1.82) is 0 Å². The van der Waals surface area contributed by atoms with Gasteiger partial charge in [0.1, 0.15) is 5.78 Å². The Balaban J connectivity index is 2.44. The molecule has 1 heterocycles. The van der Waals surface area contributed by atoms with Crippen LogP contribution >= 0.6 is 0 Å². The van der Waals surface area contributed by atoms with Gasteiger partial charge in [0.25, 0.3) is 0 Å². The summed E-state index contributed by atoms with van der Waals surface area (Å²) in [6.45, 7) is 7.22. The largest absolute Gasteiger partial charge is 0.330 e. The van der Waals surface area contributed by atoms with Gasteiger partial charge in [-0.1, -0.05) is 27.2 Å². The molecule has 0 saturated carbocycles. The standard InChI is InChI=1S/C17H31N3O/c1-4-14(9-11-18)7-8-17(21)13-15-10-12-20(19-15)16(5-2)6-3/h10,12,14,16H,4-9,11,13,18H2,1-3H3. The highest BCUT2D eigenvalue weighted by Gasteiger charge is 2.12. The van der Waals surface area contributed by atoms with Crippen LogP contribution in [0.4, 0.5) is 0 Å². The summed E-state index contributed by atoms with van der Waals surface area (Å²) in [4.78, 5) is 12.1. The van der Waals surface area contributed by atoms with E-state index in [1.165, 1.54) is 0 Å². The quantitative estimate of drug-likeness (QED) is 0.679. The van der Waals surface area contributed by atoms with Gasteiger partial charge in [0.2, 0.25) is 0 Å². The van der Waals surface area contributed by atoms with Crippen molar-refractivity contribution in [2.24, 2.45) is 11.7 Å². The lowest BCUT2D eigenvalue weighted by molar-refractivity contribution is -0.118. The molecule has 1 rings (SSSR count). The lowest BCUT2D eigenvalue weighted by Crippen LogP contribution is -2.12. The summed E-state index contributed by atoms with van der Waals surface area (Å²) in [5.41, 5.74) is 6.50. The van der Waals surface area contributed by atoms with Gasteiger partial charge in [0.05, 0.1) is 18.2 Å². The summed E-state index contributed by atoms with van der Waals surface area (Å²) in [6, 6.07) is 2.43. The molecule has 4 heteroatoms. The molecule has 1 aromatic rings. The smallest absolute Gasteiger partial charge is 0.138 e. The van der Waals surface area contributed by atoms with E-state index in [1.807, 2.05) is 16.9 Å². The van der Waals surface area contributed by atoms with Crippen LogP contribution in [0.25, 0.3) is 0 Å². The van der Waals surface area contributed by atoms with Crippen LogP contribution in [-0.2, 0) is 11.2 Å². The Bertz CT molecular complexity index is 410. The molecule has 0 spiro atoms. The van der Waals surface area contributed by atoms with Gasteiger partial charge < -0.3 is 5.73 Å². The number of hydrogen-bond donors (Lipinski definition) is 1. The number of aromatic nitrogens is 2. The van der Waals surface area contributed by atoms with Crippen molar-refractivity contribution in [3.8, 4) is 0 Å². The van der Waals surface area contributed by atoms with Gasteiger partial charge in [0, 0.05) is 12.6 Å². The molecule has 21 heavy (non-hydrogen) atoms. The number of rotatable bonds is 11. The topological polar surface area (TPSA) is 60.9 Å². The summed E-state index contributed by atoms with van der Waals surface area (Å²) >= 11 is 0. The SMILES string of the molecule is CCC(CCN)CCC(=O)Cc1ccn(C(CC)CC)n1. The molecule has 0 aliphatic rings. The van der Waals surface area contributed by atoms with Crippen molar-refractivity contribution in [1.82, 2.24) is 9.78 Å². The summed E-state index contributed by atoms with van der Waals surface area (Å²) in [5, 5.41) is 4.55. The number of nitrogens with zero attached hydrogens (tertiary/aromatic N) is 2. The minimum atomic E-state index is 0.292. The highest BCUT2D eigenvalue weighted by Crippen LogP contribution is 2.17. The van der Waals surface area contributed by atoms with Crippen LogP contribution in [0, 0.1) is 5.92 Å². The van der Waals surface area contributed by atoms with E-state index in [9.17, 15) is 4.79 Å². The van der Waals surface area contributed by atoms with Crippen LogP contribution < -0.4 is 5.73 Å². The zero-order valence-corrected chi connectivity index (χ0v) is 13.8. The molecule has 120 valence electrons. The molecule has 0 amide bonds. The number of hydrogen-bond acceptors (Lipinski definition) is 3. The molecule has 0 bridgehead atoms. The second-order valence-electron chi connectivity index (χ2n) is 5.86. The van der Waals surface area contributed by atoms with Gasteiger partial charge in [0.15, 0.2) is 0 Å². The Labute approximate surface area is 129 Å². The molecule has 0 fully saturated rings. The lowest BCUT2D eigenvalue weighted by atomic mass is 9.95. The number of carbonyl (C=O) groups excluding carboxylic acids is 1. The maximum absolute atomic E-state index is 12.1. The van der Waals surface area contributed by atoms with Gasteiger partial charge in [-0.2, -0.15) is 5.10 Å². The summed E-state index contributed by atoms with van der Waals surface area (Å²) < 4.78 is 2.01. The summed E-state index contributed by atoms with van der Waals surface area (Å²) in [7, 11) is 0. The van der Waals surface area contributed by atoms with Crippen LogP contribution in [0.15, 0.2) is 12.3 Å². The highest BCUT2D eigenvalue weighted by atomic mass is 16.1. The van der Waals surface area contributed by atoms with E-state index in [0.717, 1.165) is 37.8 Å². The second-order valence-corrected chi connectivity index (χ2v) is 5.86. The van der Waals surface area contributed by atoms with E-state index in [4.69, 9.17) is 5.73 Å². The van der Waals surface area contributed by atoms with Gasteiger partial charge in [-0.05, 0) is 44.2 Å². The van der Waals surface area contributed by atoms with E-state index in [2.05, 4.69) is 25.9 Å². The molecular weight excluding hydrogens is 262 g/mol. The minimum Gasteiger partial charge on any atom is -0.330 e. The van der Waals surface area contributed by atoms with Crippen molar-refractivity contribution < 1.29 is 4.79 Å². The Hall–Kier alpha value is -1.16. The van der Waals surface area contributed by atoms with Gasteiger partial charge in [-0.3, -0.25) is 9.48 Å². The number of nitrogens with two attached hydrogens (primary N) is 1. The molecule has 2 N–H and O–H groups in total. The average Bonchev–Trinajstić information content (AvgIpc) is 2.93. The first-order chi connectivity index (χ1) is 10.1. The third-order valence-corrected chi connectivity index (χ3v) is 4.34. The Kier molecular flexibility index (Phi) is 8.28. The van der Waals surface area contributed by atoms with Crippen molar-refractivity contribution in [2.45, 2.75) is 71.8 Å². The van der Waals surface area contributed by atoms with E-state index in [1.54, 1.807) is 0 Å². The molecule has 0 aliphatic heterocycles. The predicted octanol–water partition coefficient (Wildman–Crippen LogP) is 3.51. The van der Waals surface area contributed by atoms with Gasteiger partial charge in [-0.15, -0.1) is 0 Å². The Morgan fingerprint density at radius 1 is 1.24 bits per heavy atom. The fraction of sp³-hybridized carbons (Fsp3) is 0.765. The molecule has 1 atom stereocenters. The first-order valence-corrected chi connectivity index (χ1v) is 8.40. The highest BCUT2D eigenvalue weighted by molar-refractivity contribution is 5.80. The normalized spacial score (nSPS) is 12.8. The first-order valence-electron chi connectivity index (χ1n) is 8.40. The monoisotopic (exact) mass is 293 g/mol. The van der Waals surface area contributed by atoms with Gasteiger partial charge in [-0.25, -0.2) is 0 Å². The molecule has 0 aliphatic carbocycles. The maximum atomic E-state index is 12.1. The average molecular weight is 293 g/mol. The maximum Gasteiger partial charge on any atom is 0.138 e. The van der Waals surface area contributed by atoms with Crippen LogP contribution in [0.5, 0.6) is 0 Å². The molecule has 0 radical (unpaired) electrons. The molecule has 0 saturated heterocycles. The first kappa shape index (κ1) is 17.9. The molecule has 4 nitrogen and oxygen atoms in total. The van der Waals surface area contributed by atoms with Crippen LogP contribution in [0.1, 0.15) is 71.0 Å². The Morgan fingerprint density at radius 2 is 1.95 bits per heavy atom. The van der Waals surface area contributed by atoms with Crippen LogP contribution in [-0.4, -0.2) is 22.1 Å². The van der Waals surface area contributed by atoms with Crippen molar-refractivity contribution in [3.63, 3.8) is 0 Å². The Morgan fingerprint density at radius 3 is 2.52 bits per heavy atom. The lowest BCUT2D eigenvalue weighted by Gasteiger charge is -2.13. The van der Waals surface area contributed by atoms with Crippen molar-refractivity contribution >= 4 is 5.78 Å². The van der Waals surface area contributed by atoms with E-state index >= 15 is 0 Å². The molecular formula is C17H31N3O. The zero-order valence-electron chi connectivity index (χ0n) is 13.8. The van der Waals surface area contributed by atoms with E-state index in [0.29, 0.717) is 37.1 Å².